The van der Waals surface area contributed by atoms with Crippen molar-refractivity contribution in [1.29, 1.82) is 0 Å². The molecule has 1 aromatic carbocycles. The molecule has 1 saturated carbocycles. The molecule has 3 rings (SSSR count). The van der Waals surface area contributed by atoms with Crippen LogP contribution in [0.2, 0.25) is 0 Å². The molecule has 1 aliphatic carbocycles. The van der Waals surface area contributed by atoms with Crippen molar-refractivity contribution >= 4 is 27.7 Å². The molecule has 1 amide bonds. The van der Waals surface area contributed by atoms with Crippen molar-refractivity contribution in [2.75, 3.05) is 31.1 Å². The molecule has 1 aliphatic heterocycles. The van der Waals surface area contributed by atoms with Gasteiger partial charge in [-0.3, -0.25) is 0 Å². The highest BCUT2D eigenvalue weighted by Gasteiger charge is 2.28. The molecule has 0 unspecified atom stereocenters. The first-order valence-electron chi connectivity index (χ1n) is 8.35. The number of amides is 1. The number of anilines is 1. The predicted molar refractivity (Wildman–Crippen MR) is 96.1 cm³/mol. The van der Waals surface area contributed by atoms with Gasteiger partial charge in [0.1, 0.15) is 5.60 Å². The minimum absolute atomic E-state index is 0.204. The summed E-state index contributed by atoms with van der Waals surface area (Å²) in [5, 5.41) is 0. The summed E-state index contributed by atoms with van der Waals surface area (Å²) >= 11 is 3.63. The molecular formula is C18H25BrN2O2. The number of carbonyl (C=O) groups is 1. The van der Waals surface area contributed by atoms with Gasteiger partial charge in [-0.15, -0.1) is 0 Å². The molecule has 23 heavy (non-hydrogen) atoms. The van der Waals surface area contributed by atoms with Crippen molar-refractivity contribution in [2.45, 2.75) is 45.1 Å². The highest BCUT2D eigenvalue weighted by molar-refractivity contribution is 9.10. The molecule has 2 aliphatic rings. The molecule has 1 saturated heterocycles. The summed E-state index contributed by atoms with van der Waals surface area (Å²) in [6, 6.07) is 6.72. The second-order valence-corrected chi connectivity index (χ2v) is 8.39. The molecule has 5 heteroatoms. The second-order valence-electron chi connectivity index (χ2n) is 7.47. The van der Waals surface area contributed by atoms with E-state index >= 15 is 0 Å². The van der Waals surface area contributed by atoms with Gasteiger partial charge in [0.15, 0.2) is 0 Å². The Balaban J connectivity index is 1.62. The molecule has 0 bridgehead atoms. The predicted octanol–water partition coefficient (Wildman–Crippen LogP) is 4.38. The van der Waals surface area contributed by atoms with Crippen molar-refractivity contribution < 1.29 is 9.53 Å². The zero-order valence-electron chi connectivity index (χ0n) is 14.1. The van der Waals surface area contributed by atoms with E-state index < -0.39 is 5.60 Å². The van der Waals surface area contributed by atoms with Crippen molar-refractivity contribution in [3.63, 3.8) is 0 Å². The monoisotopic (exact) mass is 380 g/mol. The Bertz CT molecular complexity index is 585. The van der Waals surface area contributed by atoms with Gasteiger partial charge in [-0.25, -0.2) is 4.79 Å². The first-order valence-corrected chi connectivity index (χ1v) is 9.14. The Labute approximate surface area is 146 Å². The van der Waals surface area contributed by atoms with Crippen LogP contribution < -0.4 is 4.90 Å². The Morgan fingerprint density at radius 1 is 1.13 bits per heavy atom. The first-order chi connectivity index (χ1) is 10.8. The van der Waals surface area contributed by atoms with Gasteiger partial charge < -0.3 is 14.5 Å². The maximum atomic E-state index is 12.1. The summed E-state index contributed by atoms with van der Waals surface area (Å²) in [5.41, 5.74) is 2.26. The maximum absolute atomic E-state index is 12.1. The van der Waals surface area contributed by atoms with Crippen LogP contribution >= 0.6 is 15.9 Å². The fourth-order valence-corrected chi connectivity index (χ4v) is 3.40. The summed E-state index contributed by atoms with van der Waals surface area (Å²) in [4.78, 5) is 16.3. The molecule has 0 spiro atoms. The maximum Gasteiger partial charge on any atom is 0.410 e. The lowest BCUT2D eigenvalue weighted by atomic mass is 10.1. The van der Waals surface area contributed by atoms with Crippen LogP contribution in [-0.2, 0) is 4.74 Å². The van der Waals surface area contributed by atoms with Crippen LogP contribution in [0.3, 0.4) is 0 Å². The fourth-order valence-electron chi connectivity index (χ4n) is 2.90. The molecular weight excluding hydrogens is 356 g/mol. The summed E-state index contributed by atoms with van der Waals surface area (Å²) < 4.78 is 6.60. The minimum atomic E-state index is -0.433. The van der Waals surface area contributed by atoms with Gasteiger partial charge in [0.2, 0.25) is 0 Å². The third kappa shape index (κ3) is 4.40. The van der Waals surface area contributed by atoms with E-state index in [1.54, 1.807) is 0 Å². The summed E-state index contributed by atoms with van der Waals surface area (Å²) in [6.07, 6.45) is 2.41. The van der Waals surface area contributed by atoms with E-state index in [9.17, 15) is 4.79 Å². The van der Waals surface area contributed by atoms with Crippen molar-refractivity contribution in [2.24, 2.45) is 0 Å². The van der Waals surface area contributed by atoms with E-state index in [0.717, 1.165) is 23.5 Å². The smallest absolute Gasteiger partial charge is 0.410 e. The topological polar surface area (TPSA) is 32.8 Å². The van der Waals surface area contributed by atoms with Gasteiger partial charge in [-0.05, 0) is 63.3 Å². The van der Waals surface area contributed by atoms with Crippen LogP contribution in [0, 0.1) is 0 Å². The van der Waals surface area contributed by atoms with E-state index in [4.69, 9.17) is 4.74 Å². The Morgan fingerprint density at radius 2 is 1.78 bits per heavy atom. The van der Waals surface area contributed by atoms with E-state index in [-0.39, 0.29) is 6.09 Å². The highest BCUT2D eigenvalue weighted by atomic mass is 79.9. The SMILES string of the molecule is CC(C)(C)OC(=O)N1CCN(c2cc(Br)cc(C3CC3)c2)CC1. The molecule has 126 valence electrons. The van der Waals surface area contributed by atoms with E-state index in [2.05, 4.69) is 39.0 Å². The quantitative estimate of drug-likeness (QED) is 0.762. The molecule has 2 fully saturated rings. The van der Waals surface area contributed by atoms with Gasteiger partial charge in [0, 0.05) is 36.3 Å². The number of hydrogen-bond donors (Lipinski definition) is 0. The molecule has 4 nitrogen and oxygen atoms in total. The number of piperazine rings is 1. The van der Waals surface area contributed by atoms with Gasteiger partial charge in [-0.2, -0.15) is 0 Å². The number of halogens is 1. The Hall–Kier alpha value is -1.23. The van der Waals surface area contributed by atoms with Crippen LogP contribution in [0.25, 0.3) is 0 Å². The van der Waals surface area contributed by atoms with Crippen LogP contribution in [0.4, 0.5) is 10.5 Å². The summed E-state index contributed by atoms with van der Waals surface area (Å²) in [6.45, 7) is 8.83. The number of nitrogens with zero attached hydrogens (tertiary/aromatic N) is 2. The van der Waals surface area contributed by atoms with E-state index in [1.165, 1.54) is 24.1 Å². The zero-order chi connectivity index (χ0) is 16.6. The molecule has 0 atom stereocenters. The second kappa shape index (κ2) is 6.34. The normalized spacial score (nSPS) is 19.0. The first kappa shape index (κ1) is 16.6. The Kier molecular flexibility index (Phi) is 4.59. The lowest BCUT2D eigenvalue weighted by Gasteiger charge is -2.37. The Morgan fingerprint density at radius 3 is 2.35 bits per heavy atom. The average Bonchev–Trinajstić information content (AvgIpc) is 3.29. The van der Waals surface area contributed by atoms with Crippen molar-refractivity contribution in [3.05, 3.63) is 28.2 Å². The standard InChI is InChI=1S/C18H25BrN2O2/c1-18(2,3)23-17(22)21-8-6-20(7-9-21)16-11-14(13-4-5-13)10-15(19)12-16/h10-13H,4-9H2,1-3H3. The molecule has 1 aromatic rings. The van der Waals surface area contributed by atoms with Gasteiger partial charge in [-0.1, -0.05) is 15.9 Å². The number of ether oxygens (including phenoxy) is 1. The lowest BCUT2D eigenvalue weighted by Crippen LogP contribution is -2.50. The largest absolute Gasteiger partial charge is 0.444 e. The number of rotatable bonds is 2. The number of benzene rings is 1. The number of hydrogen-bond acceptors (Lipinski definition) is 3. The van der Waals surface area contributed by atoms with E-state index in [1.807, 2.05) is 25.7 Å². The van der Waals surface area contributed by atoms with Crippen molar-refractivity contribution in [1.82, 2.24) is 4.90 Å². The summed E-state index contributed by atoms with van der Waals surface area (Å²) in [5.74, 6) is 0.745. The lowest BCUT2D eigenvalue weighted by molar-refractivity contribution is 0.0240. The fraction of sp³-hybridized carbons (Fsp3) is 0.611. The molecule has 0 N–H and O–H groups in total. The molecule has 1 heterocycles. The van der Waals surface area contributed by atoms with Gasteiger partial charge >= 0.3 is 6.09 Å². The van der Waals surface area contributed by atoms with Crippen molar-refractivity contribution in [3.8, 4) is 0 Å². The van der Waals surface area contributed by atoms with Gasteiger partial charge in [0.25, 0.3) is 0 Å². The number of carbonyl (C=O) groups excluding carboxylic acids is 1. The van der Waals surface area contributed by atoms with Gasteiger partial charge in [0.05, 0.1) is 0 Å². The zero-order valence-corrected chi connectivity index (χ0v) is 15.7. The minimum Gasteiger partial charge on any atom is -0.444 e. The summed E-state index contributed by atoms with van der Waals surface area (Å²) in [7, 11) is 0. The van der Waals surface area contributed by atoms with Crippen LogP contribution in [0.5, 0.6) is 0 Å². The highest BCUT2D eigenvalue weighted by Crippen LogP contribution is 2.42. The third-order valence-electron chi connectivity index (χ3n) is 4.25. The van der Waals surface area contributed by atoms with E-state index in [0.29, 0.717) is 13.1 Å². The van der Waals surface area contributed by atoms with Crippen LogP contribution in [-0.4, -0.2) is 42.8 Å². The average molecular weight is 381 g/mol. The van der Waals surface area contributed by atoms with Crippen LogP contribution in [0.1, 0.15) is 45.1 Å². The van der Waals surface area contributed by atoms with Crippen LogP contribution in [0.15, 0.2) is 22.7 Å². The third-order valence-corrected chi connectivity index (χ3v) is 4.71. The molecule has 0 aromatic heterocycles. The molecule has 0 radical (unpaired) electrons.